The van der Waals surface area contributed by atoms with Gasteiger partial charge in [0.15, 0.2) is 5.78 Å². The van der Waals surface area contributed by atoms with E-state index in [9.17, 15) is 9.59 Å². The fraction of sp³-hybridized carbons (Fsp3) is 0.160. The van der Waals surface area contributed by atoms with E-state index in [0.717, 1.165) is 28.1 Å². The van der Waals surface area contributed by atoms with Crippen molar-refractivity contribution in [2.45, 2.75) is 25.8 Å². The SMILES string of the molecule is C=CCn1c(CC(=O)c2ccccc2)nc2sc3c(c2c1=O)CCc1ccccc1-3. The van der Waals surface area contributed by atoms with Gasteiger partial charge in [0.25, 0.3) is 5.56 Å². The van der Waals surface area contributed by atoms with Crippen molar-refractivity contribution in [1.29, 1.82) is 0 Å². The predicted octanol–water partition coefficient (Wildman–Crippen LogP) is 4.84. The minimum Gasteiger partial charge on any atom is -0.294 e. The number of benzene rings is 2. The van der Waals surface area contributed by atoms with Gasteiger partial charge in [-0.25, -0.2) is 4.98 Å². The van der Waals surface area contributed by atoms with Crippen molar-refractivity contribution >= 4 is 27.3 Å². The monoisotopic (exact) mass is 412 g/mol. The number of nitrogens with zero attached hydrogens (tertiary/aromatic N) is 2. The van der Waals surface area contributed by atoms with Gasteiger partial charge >= 0.3 is 0 Å². The van der Waals surface area contributed by atoms with Crippen LogP contribution in [0.1, 0.15) is 27.3 Å². The van der Waals surface area contributed by atoms with Crippen LogP contribution in [0.3, 0.4) is 0 Å². The van der Waals surface area contributed by atoms with E-state index in [1.54, 1.807) is 34.1 Å². The molecular weight excluding hydrogens is 392 g/mol. The number of Topliss-reactive ketones (excluding diaryl/α,β-unsaturated/α-hetero) is 1. The molecule has 2 aromatic heterocycles. The first-order valence-corrected chi connectivity index (χ1v) is 10.8. The Bertz CT molecular complexity index is 1350. The Morgan fingerprint density at radius 3 is 2.67 bits per heavy atom. The van der Waals surface area contributed by atoms with Crippen LogP contribution in [0.25, 0.3) is 20.7 Å². The fourth-order valence-electron chi connectivity index (χ4n) is 4.18. The maximum absolute atomic E-state index is 13.5. The van der Waals surface area contributed by atoms with Crippen LogP contribution in [-0.4, -0.2) is 15.3 Å². The highest BCUT2D eigenvalue weighted by Crippen LogP contribution is 2.42. The molecule has 0 N–H and O–H groups in total. The lowest BCUT2D eigenvalue weighted by Crippen LogP contribution is -2.26. The van der Waals surface area contributed by atoms with Crippen molar-refractivity contribution in [3.8, 4) is 10.4 Å². The van der Waals surface area contributed by atoms with Crippen LogP contribution in [-0.2, 0) is 25.8 Å². The number of aromatic nitrogens is 2. The lowest BCUT2D eigenvalue weighted by atomic mass is 9.90. The number of carbonyl (C=O) groups is 1. The first kappa shape index (κ1) is 18.7. The Morgan fingerprint density at radius 1 is 1.10 bits per heavy atom. The summed E-state index contributed by atoms with van der Waals surface area (Å²) in [6.07, 6.45) is 3.52. The lowest BCUT2D eigenvalue weighted by molar-refractivity contribution is 0.0989. The second kappa shape index (κ2) is 7.50. The van der Waals surface area contributed by atoms with Crippen LogP contribution >= 0.6 is 11.3 Å². The van der Waals surface area contributed by atoms with Crippen LogP contribution in [0.5, 0.6) is 0 Å². The van der Waals surface area contributed by atoms with Crippen molar-refractivity contribution < 1.29 is 4.79 Å². The second-order valence-electron chi connectivity index (χ2n) is 7.45. The Hall–Kier alpha value is -3.31. The van der Waals surface area contributed by atoms with Crippen LogP contribution in [0.4, 0.5) is 0 Å². The first-order chi connectivity index (χ1) is 14.7. The standard InChI is InChI=1S/C25H20N2O2S/c1-2-14-27-21(15-20(28)17-9-4-3-5-10-17)26-24-22(25(27)29)19-13-12-16-8-6-7-11-18(16)23(19)30-24/h2-11H,1,12-15H2. The number of aryl methyl sites for hydroxylation is 2. The average Bonchev–Trinajstić information content (AvgIpc) is 3.16. The van der Waals surface area contributed by atoms with Gasteiger partial charge in [0.2, 0.25) is 0 Å². The molecule has 5 heteroatoms. The number of hydrogen-bond donors (Lipinski definition) is 0. The van der Waals surface area contributed by atoms with E-state index in [1.165, 1.54) is 11.1 Å². The van der Waals surface area contributed by atoms with E-state index in [2.05, 4.69) is 24.8 Å². The van der Waals surface area contributed by atoms with Crippen molar-refractivity contribution in [1.82, 2.24) is 9.55 Å². The summed E-state index contributed by atoms with van der Waals surface area (Å²) in [4.78, 5) is 32.9. The minimum absolute atomic E-state index is 0.0497. The summed E-state index contributed by atoms with van der Waals surface area (Å²) in [7, 11) is 0. The van der Waals surface area contributed by atoms with Gasteiger partial charge in [-0.2, -0.15) is 0 Å². The number of thiophene rings is 1. The number of hydrogen-bond acceptors (Lipinski definition) is 4. The highest BCUT2D eigenvalue weighted by Gasteiger charge is 2.25. The summed E-state index contributed by atoms with van der Waals surface area (Å²) < 4.78 is 1.60. The molecule has 30 heavy (non-hydrogen) atoms. The molecule has 0 fully saturated rings. The molecule has 4 nitrogen and oxygen atoms in total. The van der Waals surface area contributed by atoms with E-state index in [1.807, 2.05) is 24.3 Å². The zero-order valence-corrected chi connectivity index (χ0v) is 17.2. The van der Waals surface area contributed by atoms with Gasteiger partial charge in [-0.15, -0.1) is 17.9 Å². The lowest BCUT2D eigenvalue weighted by Gasteiger charge is -2.16. The van der Waals surface area contributed by atoms with Crippen LogP contribution in [0, 0.1) is 0 Å². The molecule has 4 aromatic rings. The van der Waals surface area contributed by atoms with E-state index in [4.69, 9.17) is 4.98 Å². The molecule has 0 saturated heterocycles. The molecule has 2 aromatic carbocycles. The van der Waals surface area contributed by atoms with E-state index in [-0.39, 0.29) is 17.8 Å². The smallest absolute Gasteiger partial charge is 0.262 e. The zero-order chi connectivity index (χ0) is 20.7. The summed E-state index contributed by atoms with van der Waals surface area (Å²) in [6.45, 7) is 4.12. The van der Waals surface area contributed by atoms with Crippen LogP contribution < -0.4 is 5.56 Å². The molecular formula is C25H20N2O2S. The molecule has 2 heterocycles. The van der Waals surface area contributed by atoms with Crippen molar-refractivity contribution in [3.05, 3.63) is 100 Å². The molecule has 0 radical (unpaired) electrons. The highest BCUT2D eigenvalue weighted by atomic mass is 32.1. The van der Waals surface area contributed by atoms with Crippen molar-refractivity contribution in [3.63, 3.8) is 0 Å². The molecule has 0 spiro atoms. The molecule has 1 aliphatic rings. The zero-order valence-electron chi connectivity index (χ0n) is 16.4. The third-order valence-electron chi connectivity index (χ3n) is 5.62. The van der Waals surface area contributed by atoms with Crippen LogP contribution in [0.15, 0.2) is 72.0 Å². The number of carbonyl (C=O) groups excluding carboxylic acids is 1. The van der Waals surface area contributed by atoms with Gasteiger partial charge < -0.3 is 0 Å². The Labute approximate surface area is 178 Å². The number of fused-ring (bicyclic) bond motifs is 5. The molecule has 148 valence electrons. The van der Waals surface area contributed by atoms with Gasteiger partial charge in [0.1, 0.15) is 10.7 Å². The Balaban J connectivity index is 1.68. The molecule has 0 bridgehead atoms. The summed E-state index contributed by atoms with van der Waals surface area (Å²) in [5, 5.41) is 0.697. The molecule has 5 rings (SSSR count). The van der Waals surface area contributed by atoms with Crippen molar-refractivity contribution in [2.75, 3.05) is 0 Å². The maximum Gasteiger partial charge on any atom is 0.262 e. The highest BCUT2D eigenvalue weighted by molar-refractivity contribution is 7.22. The van der Waals surface area contributed by atoms with Crippen LogP contribution in [0.2, 0.25) is 0 Å². The van der Waals surface area contributed by atoms with Gasteiger partial charge in [-0.1, -0.05) is 60.7 Å². The molecule has 0 amide bonds. The molecule has 1 aliphatic carbocycles. The predicted molar refractivity (Wildman–Crippen MR) is 121 cm³/mol. The van der Waals surface area contributed by atoms with Crippen molar-refractivity contribution in [2.24, 2.45) is 0 Å². The third kappa shape index (κ3) is 3.02. The Kier molecular flexibility index (Phi) is 4.68. The minimum atomic E-state index is -0.0763. The Morgan fingerprint density at radius 2 is 1.87 bits per heavy atom. The number of rotatable bonds is 5. The molecule has 0 atom stereocenters. The topological polar surface area (TPSA) is 52.0 Å². The first-order valence-electron chi connectivity index (χ1n) is 10.00. The van der Waals surface area contributed by atoms with Gasteiger partial charge in [-0.05, 0) is 29.5 Å². The average molecular weight is 413 g/mol. The quantitative estimate of drug-likeness (QED) is 0.348. The maximum atomic E-state index is 13.5. The van der Waals surface area contributed by atoms with E-state index >= 15 is 0 Å². The third-order valence-corrected chi connectivity index (χ3v) is 6.78. The summed E-state index contributed by atoms with van der Waals surface area (Å²) in [5.74, 6) is 0.444. The normalized spacial score (nSPS) is 12.4. The largest absolute Gasteiger partial charge is 0.294 e. The van der Waals surface area contributed by atoms with Gasteiger partial charge in [-0.3, -0.25) is 14.2 Å². The summed E-state index contributed by atoms with van der Waals surface area (Å²) in [6, 6.07) is 17.5. The summed E-state index contributed by atoms with van der Waals surface area (Å²) in [5.41, 5.74) is 4.13. The molecule has 0 unspecified atom stereocenters. The number of ketones is 1. The van der Waals surface area contributed by atoms with Gasteiger partial charge in [0, 0.05) is 17.0 Å². The van der Waals surface area contributed by atoms with E-state index in [0.29, 0.717) is 23.3 Å². The molecule has 0 saturated carbocycles. The number of allylic oxidation sites excluding steroid dienone is 1. The van der Waals surface area contributed by atoms with E-state index < -0.39 is 0 Å². The molecule has 0 aliphatic heterocycles. The van der Waals surface area contributed by atoms with Gasteiger partial charge in [0.05, 0.1) is 11.8 Å². The summed E-state index contributed by atoms with van der Waals surface area (Å²) >= 11 is 1.56. The second-order valence-corrected chi connectivity index (χ2v) is 8.44. The fourth-order valence-corrected chi connectivity index (χ4v) is 5.47.